The lowest BCUT2D eigenvalue weighted by Crippen LogP contribution is -2.16. The van der Waals surface area contributed by atoms with E-state index in [1.807, 2.05) is 0 Å². The highest BCUT2D eigenvalue weighted by Gasteiger charge is 2.23. The number of rotatable bonds is 21. The summed E-state index contributed by atoms with van der Waals surface area (Å²) in [6.07, 6.45) is 9.48. The van der Waals surface area contributed by atoms with Gasteiger partial charge in [-0.3, -0.25) is 0 Å². The first-order valence-corrected chi connectivity index (χ1v) is 27.7. The summed E-state index contributed by atoms with van der Waals surface area (Å²) in [5.41, 5.74) is 22.3. The molecule has 380 valence electrons. The lowest BCUT2D eigenvalue weighted by atomic mass is 9.99. The highest BCUT2D eigenvalue weighted by atomic mass is 15.2. The predicted molar refractivity (Wildman–Crippen MR) is 325 cm³/mol. The Hall–Kier alpha value is -7.62. The summed E-state index contributed by atoms with van der Waals surface area (Å²) in [6.45, 7) is 18.0. The molecule has 9 aromatic rings. The molecular formula is C72H77N3. The van der Waals surface area contributed by atoms with Gasteiger partial charge in [-0.25, -0.2) is 0 Å². The number of benzene rings is 9. The van der Waals surface area contributed by atoms with E-state index in [0.29, 0.717) is 0 Å². The molecule has 2 atom stereocenters. The monoisotopic (exact) mass is 984 g/mol. The maximum atomic E-state index is 2.45. The lowest BCUT2D eigenvalue weighted by molar-refractivity contribution is 0.495. The van der Waals surface area contributed by atoms with Gasteiger partial charge >= 0.3 is 0 Å². The lowest BCUT2D eigenvalue weighted by Gasteiger charge is -2.33. The SMILES string of the molecule is CCC(C)CCCc1ccc(N(c2ccc(-c3ccc(C)cc3)cc2)c2cc(N(c3ccc(C)cc3)c3ccc(C)cc3)cc(N(c3ccc(CCCC(C)CC)cc3)c3ccc(-c4ccc(C)cc4)cc3)c2)cc1. The topological polar surface area (TPSA) is 9.72 Å². The Labute approximate surface area is 450 Å². The fraction of sp³-hybridized carbons (Fsp3) is 0.250. The predicted octanol–water partition coefficient (Wildman–Crippen LogP) is 21.4. The second kappa shape index (κ2) is 24.6. The third-order valence-electron chi connectivity index (χ3n) is 15.4. The van der Waals surface area contributed by atoms with Crippen molar-refractivity contribution < 1.29 is 0 Å². The van der Waals surface area contributed by atoms with E-state index in [9.17, 15) is 0 Å². The van der Waals surface area contributed by atoms with Crippen LogP contribution in [0.5, 0.6) is 0 Å². The van der Waals surface area contributed by atoms with Gasteiger partial charge in [-0.2, -0.15) is 0 Å². The van der Waals surface area contributed by atoms with Crippen molar-refractivity contribution >= 4 is 51.2 Å². The van der Waals surface area contributed by atoms with Gasteiger partial charge < -0.3 is 14.7 Å². The van der Waals surface area contributed by atoms with E-state index in [-0.39, 0.29) is 0 Å². The molecule has 0 fully saturated rings. The third-order valence-corrected chi connectivity index (χ3v) is 15.4. The minimum Gasteiger partial charge on any atom is -0.310 e. The van der Waals surface area contributed by atoms with Crippen LogP contribution in [-0.2, 0) is 12.8 Å². The van der Waals surface area contributed by atoms with Crippen LogP contribution in [0.1, 0.15) is 99.6 Å². The molecule has 3 nitrogen and oxygen atoms in total. The number of nitrogens with zero attached hydrogens (tertiary/aromatic N) is 3. The van der Waals surface area contributed by atoms with Gasteiger partial charge in [0.1, 0.15) is 0 Å². The molecule has 0 heterocycles. The molecular weight excluding hydrogens is 907 g/mol. The van der Waals surface area contributed by atoms with Crippen LogP contribution in [0.25, 0.3) is 22.3 Å². The minimum absolute atomic E-state index is 0.742. The molecule has 0 bridgehead atoms. The van der Waals surface area contributed by atoms with Crippen molar-refractivity contribution in [2.45, 2.75) is 107 Å². The van der Waals surface area contributed by atoms with Gasteiger partial charge in [-0.15, -0.1) is 0 Å². The molecule has 0 amide bonds. The van der Waals surface area contributed by atoms with E-state index >= 15 is 0 Å². The Kier molecular flexibility index (Phi) is 17.1. The van der Waals surface area contributed by atoms with Crippen molar-refractivity contribution in [1.82, 2.24) is 0 Å². The van der Waals surface area contributed by atoms with Crippen LogP contribution in [0.3, 0.4) is 0 Å². The van der Waals surface area contributed by atoms with Crippen LogP contribution < -0.4 is 14.7 Å². The van der Waals surface area contributed by atoms with Crippen LogP contribution >= 0.6 is 0 Å². The summed E-state index contributed by atoms with van der Waals surface area (Å²) in [5, 5.41) is 0. The van der Waals surface area contributed by atoms with E-state index in [1.54, 1.807) is 0 Å². The molecule has 75 heavy (non-hydrogen) atoms. The van der Waals surface area contributed by atoms with Crippen molar-refractivity contribution in [2.75, 3.05) is 14.7 Å². The van der Waals surface area contributed by atoms with E-state index < -0.39 is 0 Å². The third kappa shape index (κ3) is 13.2. The Bertz CT molecular complexity index is 2970. The molecule has 0 aliphatic heterocycles. The molecule has 9 aromatic carbocycles. The fourth-order valence-corrected chi connectivity index (χ4v) is 10.1. The summed E-state index contributed by atoms with van der Waals surface area (Å²) in [5.74, 6) is 1.48. The maximum Gasteiger partial charge on any atom is 0.0503 e. The largest absolute Gasteiger partial charge is 0.310 e. The smallest absolute Gasteiger partial charge is 0.0503 e. The van der Waals surface area contributed by atoms with Gasteiger partial charge in [-0.05, 0) is 190 Å². The van der Waals surface area contributed by atoms with Crippen molar-refractivity contribution in [3.8, 4) is 22.3 Å². The zero-order valence-electron chi connectivity index (χ0n) is 45.9. The molecule has 0 radical (unpaired) electrons. The number of aryl methyl sites for hydroxylation is 6. The van der Waals surface area contributed by atoms with Gasteiger partial charge in [0.15, 0.2) is 0 Å². The molecule has 0 aliphatic rings. The molecule has 0 aliphatic carbocycles. The van der Waals surface area contributed by atoms with Crippen LogP contribution in [0.15, 0.2) is 212 Å². The van der Waals surface area contributed by atoms with Crippen molar-refractivity contribution in [1.29, 1.82) is 0 Å². The van der Waals surface area contributed by atoms with E-state index in [1.165, 1.54) is 94.2 Å². The van der Waals surface area contributed by atoms with Crippen LogP contribution in [-0.4, -0.2) is 0 Å². The van der Waals surface area contributed by atoms with E-state index in [2.05, 4.69) is 282 Å². The summed E-state index contributed by atoms with van der Waals surface area (Å²) in [6, 6.07) is 79.8. The summed E-state index contributed by atoms with van der Waals surface area (Å²) in [7, 11) is 0. The highest BCUT2D eigenvalue weighted by molar-refractivity contribution is 5.90. The average molecular weight is 984 g/mol. The number of hydrogen-bond donors (Lipinski definition) is 0. The Morgan fingerprint density at radius 3 is 0.747 bits per heavy atom. The number of hydrogen-bond acceptors (Lipinski definition) is 3. The van der Waals surface area contributed by atoms with Gasteiger partial charge in [0.25, 0.3) is 0 Å². The molecule has 0 aromatic heterocycles. The molecule has 0 N–H and O–H groups in total. The molecule has 2 unspecified atom stereocenters. The zero-order chi connectivity index (χ0) is 52.3. The fourth-order valence-electron chi connectivity index (χ4n) is 10.1. The van der Waals surface area contributed by atoms with Crippen LogP contribution in [0, 0.1) is 39.5 Å². The van der Waals surface area contributed by atoms with E-state index in [0.717, 1.165) is 75.9 Å². The molecule has 3 heteroatoms. The first-order chi connectivity index (χ1) is 36.5. The quantitative estimate of drug-likeness (QED) is 0.0710. The second-order valence-electron chi connectivity index (χ2n) is 21.4. The van der Waals surface area contributed by atoms with E-state index in [4.69, 9.17) is 0 Å². The van der Waals surface area contributed by atoms with Crippen molar-refractivity contribution in [3.63, 3.8) is 0 Å². The summed E-state index contributed by atoms with van der Waals surface area (Å²) < 4.78 is 0. The van der Waals surface area contributed by atoms with Gasteiger partial charge in [0, 0.05) is 34.1 Å². The summed E-state index contributed by atoms with van der Waals surface area (Å²) >= 11 is 0. The zero-order valence-corrected chi connectivity index (χ0v) is 45.9. The van der Waals surface area contributed by atoms with Crippen molar-refractivity contribution in [3.05, 3.63) is 246 Å². The van der Waals surface area contributed by atoms with Gasteiger partial charge in [0.05, 0.1) is 17.1 Å². The Morgan fingerprint density at radius 1 is 0.280 bits per heavy atom. The highest BCUT2D eigenvalue weighted by Crippen LogP contribution is 2.47. The average Bonchev–Trinajstić information content (AvgIpc) is 3.44. The van der Waals surface area contributed by atoms with Gasteiger partial charge in [0.2, 0.25) is 0 Å². The minimum atomic E-state index is 0.742. The first kappa shape index (κ1) is 52.3. The maximum absolute atomic E-state index is 2.45. The molecule has 0 saturated heterocycles. The molecule has 0 saturated carbocycles. The Morgan fingerprint density at radius 2 is 0.493 bits per heavy atom. The molecule has 0 spiro atoms. The first-order valence-electron chi connectivity index (χ1n) is 27.7. The number of anilines is 9. The standard InChI is InChI=1S/C72H77N3/c1-9-52(3)13-11-15-58-25-41-66(42-26-58)74(68-45-33-62(34-46-68)60-29-17-54(5)18-30-60)71-49-70(73(64-37-21-56(7)22-38-64)65-39-23-57(8)24-40-65)50-72(51-71)75(67-43-27-59(28-44-67)16-12-14-53(4)10-2)69-47-35-63(36-48-69)61-31-19-55(6)20-32-61/h17-53H,9-16H2,1-8H3. The summed E-state index contributed by atoms with van der Waals surface area (Å²) in [4.78, 5) is 7.33. The Balaban J connectivity index is 1.25. The second-order valence-corrected chi connectivity index (χ2v) is 21.4. The van der Waals surface area contributed by atoms with Crippen molar-refractivity contribution in [2.24, 2.45) is 11.8 Å². The van der Waals surface area contributed by atoms with Crippen LogP contribution in [0.4, 0.5) is 51.2 Å². The molecule has 9 rings (SSSR count). The van der Waals surface area contributed by atoms with Gasteiger partial charge in [-0.1, -0.05) is 197 Å². The normalized spacial score (nSPS) is 12.1. The van der Waals surface area contributed by atoms with Crippen LogP contribution in [0.2, 0.25) is 0 Å².